The van der Waals surface area contributed by atoms with Crippen molar-refractivity contribution in [3.05, 3.63) is 19.8 Å². The molecular weight excluding hydrogens is 270 g/mol. The van der Waals surface area contributed by atoms with Crippen molar-refractivity contribution in [3.63, 3.8) is 0 Å². The summed E-state index contributed by atoms with van der Waals surface area (Å²) in [5.74, 6) is 1.29. The molecule has 0 aliphatic heterocycles. The predicted octanol–water partition coefficient (Wildman–Crippen LogP) is 4.29. The maximum absolute atomic E-state index is 5.82. The lowest BCUT2D eigenvalue weighted by molar-refractivity contribution is 0.637. The Balaban J connectivity index is 3.16. The summed E-state index contributed by atoms with van der Waals surface area (Å²) < 4.78 is 1.23. The van der Waals surface area contributed by atoms with Crippen molar-refractivity contribution in [3.8, 4) is 0 Å². The fourth-order valence-electron chi connectivity index (χ4n) is 1.79. The van der Waals surface area contributed by atoms with Gasteiger partial charge < -0.3 is 5.73 Å². The molecule has 0 unspecified atom stereocenters. The zero-order chi connectivity index (χ0) is 11.6. The molecule has 0 bridgehead atoms. The molecule has 0 aliphatic rings. The van der Waals surface area contributed by atoms with E-state index >= 15 is 0 Å². The van der Waals surface area contributed by atoms with E-state index in [0.29, 0.717) is 18.4 Å². The summed E-state index contributed by atoms with van der Waals surface area (Å²) in [6, 6.07) is 0. The molecule has 2 N–H and O–H groups in total. The van der Waals surface area contributed by atoms with Crippen LogP contribution in [-0.2, 0) is 13.0 Å². The van der Waals surface area contributed by atoms with E-state index in [0.717, 1.165) is 6.42 Å². The first-order chi connectivity index (χ1) is 6.97. The van der Waals surface area contributed by atoms with Gasteiger partial charge >= 0.3 is 0 Å². The molecule has 1 rings (SSSR count). The van der Waals surface area contributed by atoms with Gasteiger partial charge in [0.25, 0.3) is 0 Å². The van der Waals surface area contributed by atoms with Crippen molar-refractivity contribution in [1.29, 1.82) is 0 Å². The summed E-state index contributed by atoms with van der Waals surface area (Å²) in [7, 11) is 0. The lowest BCUT2D eigenvalue weighted by atomic mass is 9.96. The van der Waals surface area contributed by atoms with Crippen LogP contribution >= 0.6 is 27.3 Å². The Kier molecular flexibility index (Phi) is 4.81. The van der Waals surface area contributed by atoms with Crippen molar-refractivity contribution >= 4 is 27.3 Å². The Hall–Kier alpha value is 0.140. The highest BCUT2D eigenvalue weighted by atomic mass is 79.9. The van der Waals surface area contributed by atoms with Crippen LogP contribution in [0.1, 0.15) is 49.6 Å². The van der Waals surface area contributed by atoms with Crippen LogP contribution in [0, 0.1) is 5.92 Å². The molecule has 0 fully saturated rings. The Morgan fingerprint density at radius 2 is 1.80 bits per heavy atom. The molecular formula is C12H20BrNS. The smallest absolute Gasteiger partial charge is 0.0749 e. The van der Waals surface area contributed by atoms with Gasteiger partial charge in [-0.05, 0) is 45.3 Å². The quantitative estimate of drug-likeness (QED) is 0.879. The van der Waals surface area contributed by atoms with Gasteiger partial charge in [0.05, 0.1) is 3.79 Å². The number of rotatable bonds is 4. The third-order valence-electron chi connectivity index (χ3n) is 2.44. The molecule has 1 heterocycles. The molecule has 0 aliphatic carbocycles. The first-order valence-electron chi connectivity index (χ1n) is 5.47. The second-order valence-electron chi connectivity index (χ2n) is 4.65. The molecule has 0 radical (unpaired) electrons. The molecule has 0 saturated heterocycles. The minimum Gasteiger partial charge on any atom is -0.326 e. The minimum atomic E-state index is 0.598. The van der Waals surface area contributed by atoms with Gasteiger partial charge in [-0.25, -0.2) is 0 Å². The second-order valence-corrected chi connectivity index (χ2v) is 7.02. The monoisotopic (exact) mass is 289 g/mol. The molecule has 0 amide bonds. The van der Waals surface area contributed by atoms with E-state index in [4.69, 9.17) is 5.73 Å². The van der Waals surface area contributed by atoms with Crippen molar-refractivity contribution in [2.45, 2.75) is 46.6 Å². The third-order valence-corrected chi connectivity index (χ3v) is 4.77. The van der Waals surface area contributed by atoms with Crippen LogP contribution in [-0.4, -0.2) is 0 Å². The van der Waals surface area contributed by atoms with Crippen LogP contribution < -0.4 is 5.73 Å². The van der Waals surface area contributed by atoms with Crippen LogP contribution in [0.4, 0.5) is 0 Å². The molecule has 3 heteroatoms. The van der Waals surface area contributed by atoms with Crippen molar-refractivity contribution in [1.82, 2.24) is 0 Å². The van der Waals surface area contributed by atoms with E-state index in [9.17, 15) is 0 Å². The van der Waals surface area contributed by atoms with E-state index in [1.165, 1.54) is 19.8 Å². The number of halogens is 1. The van der Waals surface area contributed by atoms with Crippen molar-refractivity contribution < 1.29 is 0 Å². The Bertz CT molecular complexity index is 329. The van der Waals surface area contributed by atoms with Gasteiger partial charge in [0, 0.05) is 11.4 Å². The highest BCUT2D eigenvalue weighted by Gasteiger charge is 2.18. The van der Waals surface area contributed by atoms with Crippen molar-refractivity contribution in [2.24, 2.45) is 11.7 Å². The minimum absolute atomic E-state index is 0.598. The standard InChI is InChI=1S/C12H20BrNS/c1-7(2)5-9-10(6-14)12(13)15-11(9)8(3)4/h7-8H,5-6,14H2,1-4H3. The molecule has 0 atom stereocenters. The molecule has 0 saturated carbocycles. The Labute approximate surface area is 105 Å². The average Bonchev–Trinajstić information content (AvgIpc) is 2.41. The van der Waals surface area contributed by atoms with E-state index in [2.05, 4.69) is 43.6 Å². The summed E-state index contributed by atoms with van der Waals surface area (Å²) in [5.41, 5.74) is 8.62. The fraction of sp³-hybridized carbons (Fsp3) is 0.667. The molecule has 15 heavy (non-hydrogen) atoms. The van der Waals surface area contributed by atoms with Gasteiger partial charge in [-0.1, -0.05) is 27.7 Å². The topological polar surface area (TPSA) is 26.0 Å². The fourth-order valence-corrected chi connectivity index (χ4v) is 3.80. The SMILES string of the molecule is CC(C)Cc1c(C(C)C)sc(Br)c1CN. The zero-order valence-corrected chi connectivity index (χ0v) is 12.3. The largest absolute Gasteiger partial charge is 0.326 e. The highest BCUT2D eigenvalue weighted by Crippen LogP contribution is 2.38. The maximum atomic E-state index is 5.82. The van der Waals surface area contributed by atoms with Crippen molar-refractivity contribution in [2.75, 3.05) is 0 Å². The van der Waals surface area contributed by atoms with Gasteiger partial charge in [0.15, 0.2) is 0 Å². The van der Waals surface area contributed by atoms with Gasteiger partial charge in [-0.15, -0.1) is 11.3 Å². The summed E-state index contributed by atoms with van der Waals surface area (Å²) in [6.07, 6.45) is 1.14. The highest BCUT2D eigenvalue weighted by molar-refractivity contribution is 9.11. The maximum Gasteiger partial charge on any atom is 0.0749 e. The summed E-state index contributed by atoms with van der Waals surface area (Å²) in [6.45, 7) is 9.67. The van der Waals surface area contributed by atoms with Gasteiger partial charge in [0.2, 0.25) is 0 Å². The number of hydrogen-bond donors (Lipinski definition) is 1. The predicted molar refractivity (Wildman–Crippen MR) is 72.5 cm³/mol. The number of hydrogen-bond acceptors (Lipinski definition) is 2. The van der Waals surface area contributed by atoms with Crippen LogP contribution in [0.15, 0.2) is 3.79 Å². The van der Waals surface area contributed by atoms with E-state index in [1.54, 1.807) is 0 Å². The molecule has 0 spiro atoms. The lowest BCUT2D eigenvalue weighted by Gasteiger charge is -2.11. The molecule has 0 aromatic carbocycles. The van der Waals surface area contributed by atoms with Crippen LogP contribution in [0.5, 0.6) is 0 Å². The van der Waals surface area contributed by atoms with E-state index in [-0.39, 0.29) is 0 Å². The summed E-state index contributed by atoms with van der Waals surface area (Å²) in [4.78, 5) is 1.50. The Morgan fingerprint density at radius 1 is 1.20 bits per heavy atom. The summed E-state index contributed by atoms with van der Waals surface area (Å²) >= 11 is 5.48. The van der Waals surface area contributed by atoms with Crippen LogP contribution in [0.25, 0.3) is 0 Å². The average molecular weight is 290 g/mol. The van der Waals surface area contributed by atoms with E-state index in [1.807, 2.05) is 11.3 Å². The van der Waals surface area contributed by atoms with E-state index < -0.39 is 0 Å². The number of nitrogens with two attached hydrogens (primary N) is 1. The lowest BCUT2D eigenvalue weighted by Crippen LogP contribution is -2.04. The van der Waals surface area contributed by atoms with Crippen LogP contribution in [0.2, 0.25) is 0 Å². The molecule has 1 aromatic heterocycles. The van der Waals surface area contributed by atoms with Gasteiger partial charge in [0.1, 0.15) is 0 Å². The normalized spacial score (nSPS) is 11.7. The number of thiophene rings is 1. The zero-order valence-electron chi connectivity index (χ0n) is 9.93. The van der Waals surface area contributed by atoms with Gasteiger partial charge in [-0.2, -0.15) is 0 Å². The van der Waals surface area contributed by atoms with Gasteiger partial charge in [-0.3, -0.25) is 0 Å². The van der Waals surface area contributed by atoms with Crippen LogP contribution in [0.3, 0.4) is 0 Å². The second kappa shape index (κ2) is 5.46. The first kappa shape index (κ1) is 13.2. The molecule has 1 aromatic rings. The molecule has 86 valence electrons. The Morgan fingerprint density at radius 3 is 2.20 bits per heavy atom. The molecule has 1 nitrogen and oxygen atoms in total. The summed E-state index contributed by atoms with van der Waals surface area (Å²) in [5, 5.41) is 0. The third kappa shape index (κ3) is 3.05. The first-order valence-corrected chi connectivity index (χ1v) is 7.08.